The second kappa shape index (κ2) is 17.8. The SMILES string of the molecule is CC(C)(C)[C@H](c1cc(-c2cc(F)ccc2F)cn1Cc1ccccc1)N(C(=O)CO)C(=O)C[C@H](N)CNC(=O)CCC(=O)NCCN1C(=O)C=CC1=O. The maximum absolute atomic E-state index is 15.0. The van der Waals surface area contributed by atoms with Crippen molar-refractivity contribution in [1.82, 2.24) is 25.0 Å². The first-order chi connectivity index (χ1) is 25.1. The van der Waals surface area contributed by atoms with Crippen molar-refractivity contribution in [3.63, 3.8) is 0 Å². The number of hydrogen-bond acceptors (Lipinski definition) is 8. The Morgan fingerprint density at radius 1 is 0.906 bits per heavy atom. The third kappa shape index (κ3) is 10.7. The van der Waals surface area contributed by atoms with E-state index in [0.717, 1.165) is 45.7 Å². The van der Waals surface area contributed by atoms with Crippen molar-refractivity contribution in [3.8, 4) is 11.1 Å². The van der Waals surface area contributed by atoms with Crippen molar-refractivity contribution in [2.45, 2.75) is 58.7 Å². The molecule has 53 heavy (non-hydrogen) atoms. The van der Waals surface area contributed by atoms with Gasteiger partial charge in [-0.1, -0.05) is 51.1 Å². The topological polar surface area (TPSA) is 184 Å². The lowest BCUT2D eigenvalue weighted by atomic mass is 9.82. The fraction of sp³-hybridized carbons (Fsp3) is 0.368. The number of benzene rings is 2. The predicted octanol–water partition coefficient (Wildman–Crippen LogP) is 2.57. The van der Waals surface area contributed by atoms with Crippen LogP contribution in [0.1, 0.15) is 57.3 Å². The van der Waals surface area contributed by atoms with E-state index < -0.39 is 77.6 Å². The smallest absolute Gasteiger partial charge is 0.255 e. The summed E-state index contributed by atoms with van der Waals surface area (Å²) in [5.74, 6) is -4.89. The second-order valence-corrected chi connectivity index (χ2v) is 13.8. The molecule has 1 aliphatic rings. The van der Waals surface area contributed by atoms with Crippen LogP contribution < -0.4 is 16.4 Å². The molecule has 4 rings (SSSR count). The summed E-state index contributed by atoms with van der Waals surface area (Å²) in [5, 5.41) is 15.1. The fourth-order valence-corrected chi connectivity index (χ4v) is 6.01. The molecule has 3 aromatic rings. The lowest BCUT2D eigenvalue weighted by Crippen LogP contribution is -2.49. The van der Waals surface area contributed by atoms with Crippen molar-refractivity contribution < 1.29 is 42.7 Å². The Labute approximate surface area is 305 Å². The van der Waals surface area contributed by atoms with Gasteiger partial charge in [0.05, 0.1) is 6.04 Å². The van der Waals surface area contributed by atoms with Gasteiger partial charge in [-0.15, -0.1) is 0 Å². The Morgan fingerprint density at radius 2 is 1.55 bits per heavy atom. The van der Waals surface area contributed by atoms with Crippen LogP contribution in [0.25, 0.3) is 11.1 Å². The highest BCUT2D eigenvalue weighted by Crippen LogP contribution is 2.41. The third-order valence-electron chi connectivity index (χ3n) is 8.53. The quantitative estimate of drug-likeness (QED) is 0.162. The summed E-state index contributed by atoms with van der Waals surface area (Å²) in [5.41, 5.74) is 6.97. The summed E-state index contributed by atoms with van der Waals surface area (Å²) in [4.78, 5) is 77.1. The van der Waals surface area contributed by atoms with E-state index in [1.54, 1.807) is 37.6 Å². The Balaban J connectivity index is 1.47. The van der Waals surface area contributed by atoms with Gasteiger partial charge >= 0.3 is 0 Å². The Morgan fingerprint density at radius 3 is 2.17 bits per heavy atom. The Hall–Kier alpha value is -5.54. The van der Waals surface area contributed by atoms with E-state index in [1.807, 2.05) is 30.3 Å². The minimum atomic E-state index is -1.01. The van der Waals surface area contributed by atoms with Crippen LogP contribution in [-0.4, -0.2) is 87.2 Å². The molecular weight excluding hydrogens is 690 g/mol. The van der Waals surface area contributed by atoms with Crippen molar-refractivity contribution in [1.29, 1.82) is 0 Å². The minimum absolute atomic E-state index is 0.0110. The molecule has 1 aliphatic heterocycles. The van der Waals surface area contributed by atoms with Crippen molar-refractivity contribution >= 4 is 35.4 Å². The van der Waals surface area contributed by atoms with E-state index in [-0.39, 0.29) is 44.6 Å². The molecule has 15 heteroatoms. The average Bonchev–Trinajstić information content (AvgIpc) is 3.66. The van der Waals surface area contributed by atoms with Gasteiger partial charge in [-0.05, 0) is 35.2 Å². The van der Waals surface area contributed by atoms with Crippen molar-refractivity contribution in [3.05, 3.63) is 95.8 Å². The van der Waals surface area contributed by atoms with E-state index in [4.69, 9.17) is 5.73 Å². The highest BCUT2D eigenvalue weighted by Gasteiger charge is 2.40. The Bertz CT molecular complexity index is 1850. The van der Waals surface area contributed by atoms with E-state index in [9.17, 15) is 42.7 Å². The van der Waals surface area contributed by atoms with Gasteiger partial charge in [-0.2, -0.15) is 0 Å². The number of halogens is 2. The lowest BCUT2D eigenvalue weighted by Gasteiger charge is -2.39. The van der Waals surface area contributed by atoms with Crippen LogP contribution in [0.3, 0.4) is 0 Å². The molecule has 0 unspecified atom stereocenters. The average molecular weight is 735 g/mol. The molecule has 0 fully saturated rings. The van der Waals surface area contributed by atoms with Gasteiger partial charge in [0.15, 0.2) is 0 Å². The van der Waals surface area contributed by atoms with E-state index in [2.05, 4.69) is 10.6 Å². The number of carbonyl (C=O) groups excluding carboxylic acids is 6. The maximum Gasteiger partial charge on any atom is 0.255 e. The number of carbonyl (C=O) groups is 6. The van der Waals surface area contributed by atoms with Crippen LogP contribution in [0, 0.1) is 17.0 Å². The number of aliphatic hydroxyl groups is 1. The highest BCUT2D eigenvalue weighted by molar-refractivity contribution is 6.12. The number of nitrogens with zero attached hydrogens (tertiary/aromatic N) is 3. The molecule has 2 heterocycles. The predicted molar refractivity (Wildman–Crippen MR) is 190 cm³/mol. The van der Waals surface area contributed by atoms with E-state index in [1.165, 1.54) is 0 Å². The largest absolute Gasteiger partial charge is 0.387 e. The van der Waals surface area contributed by atoms with E-state index in [0.29, 0.717) is 11.3 Å². The number of rotatable bonds is 16. The first-order valence-corrected chi connectivity index (χ1v) is 17.1. The van der Waals surface area contributed by atoms with Gasteiger partial charge in [0.2, 0.25) is 17.7 Å². The fourth-order valence-electron chi connectivity index (χ4n) is 6.01. The van der Waals surface area contributed by atoms with E-state index >= 15 is 0 Å². The molecule has 2 aromatic carbocycles. The van der Waals surface area contributed by atoms with Crippen LogP contribution in [0.15, 0.2) is 72.9 Å². The summed E-state index contributed by atoms with van der Waals surface area (Å²) in [6, 6.07) is 12.0. The molecule has 0 bridgehead atoms. The van der Waals surface area contributed by atoms with Crippen molar-refractivity contribution in [2.75, 3.05) is 26.2 Å². The zero-order valence-corrected chi connectivity index (χ0v) is 29.8. The molecule has 0 saturated carbocycles. The molecule has 0 saturated heterocycles. The maximum atomic E-state index is 15.0. The summed E-state index contributed by atoms with van der Waals surface area (Å²) < 4.78 is 31.0. The zero-order valence-electron chi connectivity index (χ0n) is 29.8. The number of hydrogen-bond donors (Lipinski definition) is 4. The normalized spacial score (nSPS) is 13.9. The number of nitrogens with one attached hydrogen (secondary N) is 2. The number of nitrogens with two attached hydrogens (primary N) is 1. The van der Waals surface area contributed by atoms with Gasteiger partial charge in [0.1, 0.15) is 18.2 Å². The molecule has 0 aliphatic carbocycles. The standard InChI is InChI=1S/C38H44F2N6O7/c1-38(2,3)37(30-17-25(28-18-26(39)9-10-29(28)40)22-44(30)21-24-7-5-4-6-8-24)46(36(53)23-47)35(52)19-27(41)20-43-32(49)12-11-31(48)42-15-16-45-33(50)13-14-34(45)51/h4-10,13-14,17-18,22,27,37,47H,11-12,15-16,19-21,23,41H2,1-3H3,(H,42,48)(H,43,49)/t27-,37-/m0/s1. The molecule has 282 valence electrons. The summed E-state index contributed by atoms with van der Waals surface area (Å²) in [6.07, 6.45) is 3.10. The third-order valence-corrected chi connectivity index (χ3v) is 8.53. The summed E-state index contributed by atoms with van der Waals surface area (Å²) in [7, 11) is 0. The van der Waals surface area contributed by atoms with Crippen LogP contribution in [-0.2, 0) is 35.3 Å². The van der Waals surface area contributed by atoms with Gasteiger partial charge < -0.3 is 26.0 Å². The number of aromatic nitrogens is 1. The molecule has 0 radical (unpaired) electrons. The molecule has 6 amide bonds. The second-order valence-electron chi connectivity index (χ2n) is 13.8. The number of aliphatic hydroxyl groups excluding tert-OH is 1. The first-order valence-electron chi connectivity index (χ1n) is 17.1. The first kappa shape index (κ1) is 40.2. The van der Waals surface area contributed by atoms with Crippen LogP contribution >= 0.6 is 0 Å². The zero-order chi connectivity index (χ0) is 38.9. The van der Waals surface area contributed by atoms with Gasteiger partial charge in [0, 0.05) is 86.7 Å². The number of imide groups is 2. The van der Waals surface area contributed by atoms with Crippen LogP contribution in [0.4, 0.5) is 8.78 Å². The minimum Gasteiger partial charge on any atom is -0.387 e. The molecule has 0 spiro atoms. The molecule has 13 nitrogen and oxygen atoms in total. The highest BCUT2D eigenvalue weighted by atomic mass is 19.1. The molecule has 2 atom stereocenters. The lowest BCUT2D eigenvalue weighted by molar-refractivity contribution is -0.153. The molecule has 5 N–H and O–H groups in total. The van der Waals surface area contributed by atoms with Gasteiger partial charge in [-0.25, -0.2) is 8.78 Å². The van der Waals surface area contributed by atoms with Gasteiger partial charge in [-0.3, -0.25) is 38.6 Å². The van der Waals surface area contributed by atoms with Crippen LogP contribution in [0.5, 0.6) is 0 Å². The molecular formula is C38H44F2N6O7. The number of amides is 6. The monoisotopic (exact) mass is 734 g/mol. The summed E-state index contributed by atoms with van der Waals surface area (Å²) in [6.45, 7) is 4.48. The Kier molecular flexibility index (Phi) is 13.5. The van der Waals surface area contributed by atoms with Crippen molar-refractivity contribution in [2.24, 2.45) is 11.1 Å². The molecule has 1 aromatic heterocycles. The van der Waals surface area contributed by atoms with Crippen LogP contribution in [0.2, 0.25) is 0 Å². The summed E-state index contributed by atoms with van der Waals surface area (Å²) >= 11 is 0. The van der Waals surface area contributed by atoms with Gasteiger partial charge in [0.25, 0.3) is 17.7 Å².